The first kappa shape index (κ1) is 29.3. The van der Waals surface area contributed by atoms with Gasteiger partial charge in [-0.05, 0) is 53.4 Å². The summed E-state index contributed by atoms with van der Waals surface area (Å²) in [5.74, 6) is -0.410. The van der Waals surface area contributed by atoms with Crippen molar-refractivity contribution in [2.45, 2.75) is 77.9 Å². The molecule has 3 N–H and O–H groups in total. The lowest BCUT2D eigenvalue weighted by atomic mass is 9.85. The maximum absolute atomic E-state index is 14.2. The number of carbonyl (C=O) groups is 4. The summed E-state index contributed by atoms with van der Waals surface area (Å²) in [6, 6.07) is 8.23. The Morgan fingerprint density at radius 2 is 1.85 bits per heavy atom. The van der Waals surface area contributed by atoms with Crippen LogP contribution in [0.4, 0.5) is 0 Å². The SMILES string of the molecule is CN=C[C@H](C[C@@H]1CCNC1=O)NC(=O)[C@@H]1[C@@H]2[C@H](CN1C(=O)[C@@H](NC(=O)[C@@H]1C[C@@H]1c1ccccc1)C(C)(C)C)C2(C)C. The average molecular weight is 564 g/mol. The third-order valence-electron chi connectivity index (χ3n) is 9.87. The van der Waals surface area contributed by atoms with Crippen molar-refractivity contribution in [1.29, 1.82) is 0 Å². The van der Waals surface area contributed by atoms with Crippen LogP contribution in [0.3, 0.4) is 0 Å². The van der Waals surface area contributed by atoms with Crippen molar-refractivity contribution in [2.75, 3.05) is 20.1 Å². The fraction of sp³-hybridized carbons (Fsp3) is 0.656. The van der Waals surface area contributed by atoms with Crippen molar-refractivity contribution in [2.24, 2.45) is 39.5 Å². The van der Waals surface area contributed by atoms with E-state index in [2.05, 4.69) is 34.8 Å². The summed E-state index contributed by atoms with van der Waals surface area (Å²) < 4.78 is 0. The van der Waals surface area contributed by atoms with Crippen LogP contribution in [-0.2, 0) is 19.2 Å². The van der Waals surface area contributed by atoms with Gasteiger partial charge in [0.1, 0.15) is 12.1 Å². The fourth-order valence-corrected chi connectivity index (χ4v) is 7.21. The number of carbonyl (C=O) groups excluding carboxylic acids is 4. The third kappa shape index (κ3) is 5.77. The third-order valence-corrected chi connectivity index (χ3v) is 9.87. The molecule has 1 aromatic carbocycles. The summed E-state index contributed by atoms with van der Waals surface area (Å²) in [5, 5.41) is 9.05. The lowest BCUT2D eigenvalue weighted by Crippen LogP contribution is -2.60. The van der Waals surface area contributed by atoms with Crippen LogP contribution >= 0.6 is 0 Å². The molecule has 2 saturated carbocycles. The molecule has 2 heterocycles. The van der Waals surface area contributed by atoms with Crippen LogP contribution in [0.25, 0.3) is 0 Å². The highest BCUT2D eigenvalue weighted by Crippen LogP contribution is 2.65. The molecule has 2 saturated heterocycles. The number of piperidine rings is 1. The van der Waals surface area contributed by atoms with Gasteiger partial charge >= 0.3 is 0 Å². The van der Waals surface area contributed by atoms with E-state index in [9.17, 15) is 19.2 Å². The lowest BCUT2D eigenvalue weighted by Gasteiger charge is -2.38. The molecule has 41 heavy (non-hydrogen) atoms. The van der Waals surface area contributed by atoms with E-state index in [1.54, 1.807) is 18.2 Å². The van der Waals surface area contributed by atoms with Crippen LogP contribution in [0.2, 0.25) is 0 Å². The first-order valence-electron chi connectivity index (χ1n) is 15.0. The zero-order chi connectivity index (χ0) is 29.7. The van der Waals surface area contributed by atoms with Gasteiger partial charge in [-0.3, -0.25) is 24.2 Å². The molecule has 9 nitrogen and oxygen atoms in total. The summed E-state index contributed by atoms with van der Waals surface area (Å²) in [6.07, 6.45) is 3.65. The Bertz CT molecular complexity index is 1220. The van der Waals surface area contributed by atoms with Crippen molar-refractivity contribution in [3.8, 4) is 0 Å². The Morgan fingerprint density at radius 1 is 1.15 bits per heavy atom. The van der Waals surface area contributed by atoms with Gasteiger partial charge in [0, 0.05) is 38.2 Å². The number of hydrogen-bond acceptors (Lipinski definition) is 5. The van der Waals surface area contributed by atoms with E-state index in [1.807, 2.05) is 51.1 Å². The minimum atomic E-state index is -0.752. The molecule has 222 valence electrons. The zero-order valence-electron chi connectivity index (χ0n) is 25.1. The number of benzene rings is 1. The van der Waals surface area contributed by atoms with E-state index in [0.29, 0.717) is 19.5 Å². The zero-order valence-corrected chi connectivity index (χ0v) is 25.1. The Hall–Kier alpha value is -3.23. The summed E-state index contributed by atoms with van der Waals surface area (Å²) >= 11 is 0. The highest BCUT2D eigenvalue weighted by Gasteiger charge is 2.70. The highest BCUT2D eigenvalue weighted by molar-refractivity contribution is 5.95. The smallest absolute Gasteiger partial charge is 0.246 e. The van der Waals surface area contributed by atoms with Crippen LogP contribution in [0.1, 0.15) is 65.4 Å². The van der Waals surface area contributed by atoms with Gasteiger partial charge in [0.2, 0.25) is 23.6 Å². The van der Waals surface area contributed by atoms with Gasteiger partial charge in [0.15, 0.2) is 0 Å². The second-order valence-electron chi connectivity index (χ2n) is 14.1. The summed E-state index contributed by atoms with van der Waals surface area (Å²) in [7, 11) is 1.65. The van der Waals surface area contributed by atoms with Crippen molar-refractivity contribution in [3.63, 3.8) is 0 Å². The van der Waals surface area contributed by atoms with Crippen molar-refractivity contribution in [3.05, 3.63) is 35.9 Å². The maximum atomic E-state index is 14.2. The van der Waals surface area contributed by atoms with Gasteiger partial charge in [-0.1, -0.05) is 65.0 Å². The molecule has 2 aliphatic heterocycles. The van der Waals surface area contributed by atoms with Gasteiger partial charge < -0.3 is 20.9 Å². The number of fused-ring (bicyclic) bond motifs is 1. The maximum Gasteiger partial charge on any atom is 0.246 e. The molecule has 0 unspecified atom stereocenters. The number of amides is 4. The summed E-state index contributed by atoms with van der Waals surface area (Å²) in [4.78, 5) is 59.5. The Kier molecular flexibility index (Phi) is 7.76. The molecule has 9 heteroatoms. The minimum Gasteiger partial charge on any atom is -0.356 e. The van der Waals surface area contributed by atoms with Crippen LogP contribution in [0, 0.1) is 34.5 Å². The second kappa shape index (κ2) is 10.9. The first-order chi connectivity index (χ1) is 19.3. The molecular formula is C32H45N5O4. The molecule has 5 rings (SSSR count). The molecule has 4 aliphatic rings. The molecular weight excluding hydrogens is 518 g/mol. The number of hydrogen-bond donors (Lipinski definition) is 3. The van der Waals surface area contributed by atoms with Crippen LogP contribution in [0.15, 0.2) is 35.3 Å². The topological polar surface area (TPSA) is 120 Å². The largest absolute Gasteiger partial charge is 0.356 e. The molecule has 0 aromatic heterocycles. The van der Waals surface area contributed by atoms with Crippen molar-refractivity contribution >= 4 is 29.8 Å². The number of nitrogens with one attached hydrogen (secondary N) is 3. The van der Waals surface area contributed by atoms with Gasteiger partial charge in [0.05, 0.1) is 6.04 Å². The van der Waals surface area contributed by atoms with Gasteiger partial charge in [-0.15, -0.1) is 0 Å². The summed E-state index contributed by atoms with van der Waals surface area (Å²) in [6.45, 7) is 11.3. The number of aliphatic imine (C=N–C) groups is 1. The number of nitrogens with zero attached hydrogens (tertiary/aromatic N) is 2. The Labute approximate surface area is 243 Å². The fourth-order valence-electron chi connectivity index (χ4n) is 7.21. The van der Waals surface area contributed by atoms with E-state index in [0.717, 1.165) is 18.4 Å². The highest BCUT2D eigenvalue weighted by atomic mass is 16.2. The summed E-state index contributed by atoms with van der Waals surface area (Å²) in [5.41, 5.74) is 0.557. The van der Waals surface area contributed by atoms with E-state index in [-0.39, 0.29) is 58.6 Å². The lowest BCUT2D eigenvalue weighted by molar-refractivity contribution is -0.145. The van der Waals surface area contributed by atoms with Crippen molar-refractivity contribution in [1.82, 2.24) is 20.9 Å². The molecule has 8 atom stereocenters. The quantitative estimate of drug-likeness (QED) is 0.400. The molecule has 2 aliphatic carbocycles. The van der Waals surface area contributed by atoms with Crippen LogP contribution in [-0.4, -0.2) is 73.0 Å². The normalized spacial score (nSPS) is 31.3. The number of likely N-dealkylation sites (tertiary alicyclic amines) is 1. The standard InChI is InChI=1S/C32H45N5O4/c1-31(2,3)26(36-28(39)22-15-21(22)18-10-8-7-9-11-18)30(41)37-17-23-24(32(23,4)5)25(37)29(40)35-20(16-33-6)14-19-12-13-34-27(19)38/h7-11,16,19-26H,12-15,17H2,1-6H3,(H,34,38)(H,35,40)(H,36,39)/t19-,20-,21+,22+,23-,24-,25-,26+/m0/s1. The van der Waals surface area contributed by atoms with Gasteiger partial charge in [0.25, 0.3) is 0 Å². The molecule has 4 amide bonds. The van der Waals surface area contributed by atoms with Crippen LogP contribution in [0.5, 0.6) is 0 Å². The molecule has 4 fully saturated rings. The van der Waals surface area contributed by atoms with E-state index >= 15 is 0 Å². The second-order valence-corrected chi connectivity index (χ2v) is 14.1. The van der Waals surface area contributed by atoms with Crippen molar-refractivity contribution < 1.29 is 19.2 Å². The monoisotopic (exact) mass is 563 g/mol. The molecule has 0 bridgehead atoms. The average Bonchev–Trinajstić information content (AvgIpc) is 3.67. The van der Waals surface area contributed by atoms with Gasteiger partial charge in [-0.25, -0.2) is 0 Å². The van der Waals surface area contributed by atoms with Crippen LogP contribution < -0.4 is 16.0 Å². The predicted octanol–water partition coefficient (Wildman–Crippen LogP) is 2.52. The predicted molar refractivity (Wildman–Crippen MR) is 157 cm³/mol. The minimum absolute atomic E-state index is 0.00346. The number of rotatable bonds is 9. The molecule has 1 aromatic rings. The van der Waals surface area contributed by atoms with E-state index in [1.165, 1.54) is 0 Å². The van der Waals surface area contributed by atoms with E-state index in [4.69, 9.17) is 0 Å². The first-order valence-corrected chi connectivity index (χ1v) is 15.0. The van der Waals surface area contributed by atoms with Gasteiger partial charge in [-0.2, -0.15) is 0 Å². The Balaban J connectivity index is 1.31. The molecule has 0 spiro atoms. The Morgan fingerprint density at radius 3 is 2.46 bits per heavy atom. The molecule has 0 radical (unpaired) electrons. The van der Waals surface area contributed by atoms with E-state index < -0.39 is 23.5 Å².